The van der Waals surface area contributed by atoms with Crippen LogP contribution < -0.4 is 4.72 Å². The fourth-order valence-electron chi connectivity index (χ4n) is 2.19. The van der Waals surface area contributed by atoms with E-state index in [1.54, 1.807) is 0 Å². The predicted molar refractivity (Wildman–Crippen MR) is 68.4 cm³/mol. The minimum absolute atomic E-state index is 0.00778. The molecule has 1 saturated heterocycles. The van der Waals surface area contributed by atoms with E-state index < -0.39 is 10.0 Å². The van der Waals surface area contributed by atoms with Gasteiger partial charge in [-0.1, -0.05) is 6.42 Å². The van der Waals surface area contributed by atoms with Crippen LogP contribution in [0.15, 0.2) is 0 Å². The molecule has 0 amide bonds. The second-order valence-corrected chi connectivity index (χ2v) is 6.65. The lowest BCUT2D eigenvalue weighted by atomic mass is 10.1. The van der Waals surface area contributed by atoms with Crippen LogP contribution in [-0.2, 0) is 10.0 Å². The maximum Gasteiger partial charge on any atom is 0.211 e. The average molecular weight is 264 g/mol. The smallest absolute Gasteiger partial charge is 0.211 e. The molecular weight excluding hydrogens is 240 g/mol. The molecule has 0 bridgehead atoms. The fraction of sp³-hybridized carbons (Fsp3) is 1.00. The molecule has 0 spiro atoms. The van der Waals surface area contributed by atoms with Crippen LogP contribution in [0.3, 0.4) is 0 Å². The van der Waals surface area contributed by atoms with Gasteiger partial charge in [0.25, 0.3) is 0 Å². The molecule has 0 aromatic rings. The predicted octanol–water partition coefficient (Wildman–Crippen LogP) is 0.163. The Bertz CT molecular complexity index is 300. The van der Waals surface area contributed by atoms with Crippen molar-refractivity contribution < 1.29 is 13.5 Å². The van der Waals surface area contributed by atoms with Gasteiger partial charge in [0.1, 0.15) is 0 Å². The van der Waals surface area contributed by atoms with Crippen LogP contribution >= 0.6 is 0 Å². The van der Waals surface area contributed by atoms with Gasteiger partial charge in [0.15, 0.2) is 0 Å². The van der Waals surface area contributed by atoms with Crippen molar-refractivity contribution in [2.24, 2.45) is 0 Å². The molecule has 0 aromatic heterocycles. The molecule has 6 heteroatoms. The van der Waals surface area contributed by atoms with Crippen LogP contribution in [0.25, 0.3) is 0 Å². The summed E-state index contributed by atoms with van der Waals surface area (Å²) >= 11 is 0. The first-order chi connectivity index (χ1) is 8.03. The number of aliphatic hydroxyl groups is 1. The zero-order valence-electron chi connectivity index (χ0n) is 10.6. The summed E-state index contributed by atoms with van der Waals surface area (Å²) in [5, 5.41) is 8.62. The van der Waals surface area contributed by atoms with E-state index in [2.05, 4.69) is 9.62 Å². The maximum atomic E-state index is 11.6. The number of nitrogens with zero attached hydrogens (tertiary/aromatic N) is 1. The van der Waals surface area contributed by atoms with E-state index in [9.17, 15) is 8.42 Å². The van der Waals surface area contributed by atoms with Crippen molar-refractivity contribution in [2.45, 2.75) is 38.6 Å². The molecule has 17 heavy (non-hydrogen) atoms. The number of hydrogen-bond acceptors (Lipinski definition) is 4. The third-order valence-electron chi connectivity index (χ3n) is 2.93. The van der Waals surface area contributed by atoms with Crippen molar-refractivity contribution in [1.29, 1.82) is 0 Å². The van der Waals surface area contributed by atoms with Gasteiger partial charge in [-0.25, -0.2) is 13.1 Å². The number of likely N-dealkylation sites (tertiary alicyclic amines) is 1. The van der Waals surface area contributed by atoms with E-state index >= 15 is 0 Å². The maximum absolute atomic E-state index is 11.6. The Labute approximate surface area is 104 Å². The second-order valence-electron chi connectivity index (χ2n) is 4.78. The normalized spacial score (nSPS) is 20.4. The average Bonchev–Trinajstić information content (AvgIpc) is 2.27. The Hall–Kier alpha value is -0.170. The lowest BCUT2D eigenvalue weighted by Crippen LogP contribution is -2.44. The van der Waals surface area contributed by atoms with E-state index in [1.165, 1.54) is 19.3 Å². The summed E-state index contributed by atoms with van der Waals surface area (Å²) in [7, 11) is -3.23. The van der Waals surface area contributed by atoms with E-state index in [-0.39, 0.29) is 18.4 Å². The molecule has 0 aliphatic carbocycles. The van der Waals surface area contributed by atoms with Gasteiger partial charge in [0.2, 0.25) is 10.0 Å². The second kappa shape index (κ2) is 7.31. The van der Waals surface area contributed by atoms with Crippen molar-refractivity contribution in [1.82, 2.24) is 9.62 Å². The van der Waals surface area contributed by atoms with E-state index in [4.69, 9.17) is 5.11 Å². The van der Waals surface area contributed by atoms with Gasteiger partial charge in [-0.05, 0) is 39.3 Å². The molecule has 1 fully saturated rings. The molecule has 1 unspecified atom stereocenters. The Morgan fingerprint density at radius 3 is 2.53 bits per heavy atom. The number of hydrogen-bond donors (Lipinski definition) is 2. The molecule has 1 aliphatic rings. The molecule has 0 saturated carbocycles. The van der Waals surface area contributed by atoms with Crippen molar-refractivity contribution >= 4 is 10.0 Å². The molecular formula is C11H24N2O3S. The standard InChI is InChI=1S/C11H24N2O3S/c1-11(10-13-6-3-2-4-7-13)12-17(15,16)9-5-8-14/h11-12,14H,2-10H2,1H3. The van der Waals surface area contributed by atoms with E-state index in [1.807, 2.05) is 6.92 Å². The van der Waals surface area contributed by atoms with Gasteiger partial charge >= 0.3 is 0 Å². The summed E-state index contributed by atoms with van der Waals surface area (Å²) in [6, 6.07) is -0.0585. The molecule has 1 atom stereocenters. The minimum atomic E-state index is -3.23. The molecule has 1 heterocycles. The molecule has 1 aliphatic heterocycles. The number of aliphatic hydroxyl groups excluding tert-OH is 1. The number of piperidine rings is 1. The van der Waals surface area contributed by atoms with E-state index in [0.29, 0.717) is 6.42 Å². The Kier molecular flexibility index (Phi) is 6.40. The van der Waals surface area contributed by atoms with Crippen LogP contribution in [0, 0.1) is 0 Å². The van der Waals surface area contributed by atoms with Gasteiger partial charge < -0.3 is 10.0 Å². The van der Waals surface area contributed by atoms with Crippen LogP contribution in [0.4, 0.5) is 0 Å². The first-order valence-corrected chi connectivity index (χ1v) is 8.02. The highest BCUT2D eigenvalue weighted by molar-refractivity contribution is 7.89. The molecule has 0 aromatic carbocycles. The van der Waals surface area contributed by atoms with Crippen LogP contribution in [0.1, 0.15) is 32.6 Å². The highest BCUT2D eigenvalue weighted by atomic mass is 32.2. The van der Waals surface area contributed by atoms with Crippen molar-refractivity contribution in [3.05, 3.63) is 0 Å². The highest BCUT2D eigenvalue weighted by Crippen LogP contribution is 2.09. The lowest BCUT2D eigenvalue weighted by molar-refractivity contribution is 0.215. The molecule has 1 rings (SSSR count). The summed E-state index contributed by atoms with van der Waals surface area (Å²) < 4.78 is 25.9. The summed E-state index contributed by atoms with van der Waals surface area (Å²) in [4.78, 5) is 2.31. The summed E-state index contributed by atoms with van der Waals surface area (Å²) in [6.45, 7) is 4.73. The minimum Gasteiger partial charge on any atom is -0.396 e. The van der Waals surface area contributed by atoms with Crippen molar-refractivity contribution in [3.8, 4) is 0 Å². The third-order valence-corrected chi connectivity index (χ3v) is 4.52. The molecule has 5 nitrogen and oxygen atoms in total. The van der Waals surface area contributed by atoms with Gasteiger partial charge in [-0.15, -0.1) is 0 Å². The SMILES string of the molecule is CC(CN1CCCCC1)NS(=O)(=O)CCCO. The quantitative estimate of drug-likeness (QED) is 0.687. The Morgan fingerprint density at radius 2 is 1.94 bits per heavy atom. The largest absolute Gasteiger partial charge is 0.396 e. The number of sulfonamides is 1. The Balaban J connectivity index is 2.29. The number of nitrogens with one attached hydrogen (secondary N) is 1. The van der Waals surface area contributed by atoms with Gasteiger partial charge in [0, 0.05) is 19.2 Å². The first kappa shape index (κ1) is 14.9. The van der Waals surface area contributed by atoms with Gasteiger partial charge in [-0.3, -0.25) is 0 Å². The summed E-state index contributed by atoms with van der Waals surface area (Å²) in [5.74, 6) is 0.00778. The third kappa shape index (κ3) is 6.35. The van der Waals surface area contributed by atoms with Gasteiger partial charge in [0.05, 0.1) is 5.75 Å². The fourth-order valence-corrected chi connectivity index (χ4v) is 3.50. The molecule has 2 N–H and O–H groups in total. The van der Waals surface area contributed by atoms with Crippen molar-refractivity contribution in [3.63, 3.8) is 0 Å². The zero-order valence-corrected chi connectivity index (χ0v) is 11.4. The first-order valence-electron chi connectivity index (χ1n) is 6.37. The number of rotatable bonds is 7. The monoisotopic (exact) mass is 264 g/mol. The van der Waals surface area contributed by atoms with E-state index in [0.717, 1.165) is 19.6 Å². The van der Waals surface area contributed by atoms with Gasteiger partial charge in [-0.2, -0.15) is 0 Å². The highest BCUT2D eigenvalue weighted by Gasteiger charge is 2.17. The van der Waals surface area contributed by atoms with Crippen LogP contribution in [0.5, 0.6) is 0 Å². The van der Waals surface area contributed by atoms with Crippen LogP contribution in [0.2, 0.25) is 0 Å². The molecule has 102 valence electrons. The molecule has 0 radical (unpaired) electrons. The summed E-state index contributed by atoms with van der Waals surface area (Å²) in [6.07, 6.45) is 4.01. The van der Waals surface area contributed by atoms with Crippen LogP contribution in [-0.4, -0.2) is 56.5 Å². The lowest BCUT2D eigenvalue weighted by Gasteiger charge is -2.29. The van der Waals surface area contributed by atoms with Crippen molar-refractivity contribution in [2.75, 3.05) is 32.0 Å². The zero-order chi connectivity index (χ0) is 12.7. The Morgan fingerprint density at radius 1 is 1.29 bits per heavy atom. The topological polar surface area (TPSA) is 69.6 Å². The summed E-state index contributed by atoms with van der Waals surface area (Å²) in [5.41, 5.74) is 0.